The number of hydrogen-bond acceptors (Lipinski definition) is 10. The molecule has 294 valence electrons. The van der Waals surface area contributed by atoms with Crippen LogP contribution in [0.1, 0.15) is 99.8 Å². The molecule has 4 atom stereocenters. The average Bonchev–Trinajstić information content (AvgIpc) is 3.37. The van der Waals surface area contributed by atoms with E-state index in [9.17, 15) is 19.2 Å². The summed E-state index contributed by atoms with van der Waals surface area (Å²) < 4.78 is 33.1. The Balaban J connectivity index is 2.11. The smallest absolute Gasteiger partial charge is 0.408 e. The van der Waals surface area contributed by atoms with Crippen molar-refractivity contribution in [2.45, 2.75) is 168 Å². The maximum atomic E-state index is 13.8. The first-order chi connectivity index (χ1) is 23.2. The lowest BCUT2D eigenvalue weighted by Gasteiger charge is -2.40. The van der Waals surface area contributed by atoms with Crippen molar-refractivity contribution in [2.75, 3.05) is 25.2 Å². The topological polar surface area (TPSA) is 136 Å². The second-order valence-corrected chi connectivity index (χ2v) is 28.4. The minimum atomic E-state index is -2.18. The fourth-order valence-corrected chi connectivity index (χ4v) is 8.38. The number of nitrogens with one attached hydrogen (secondary N) is 1. The van der Waals surface area contributed by atoms with Crippen molar-refractivity contribution in [1.82, 2.24) is 14.5 Å². The van der Waals surface area contributed by atoms with Gasteiger partial charge in [0, 0.05) is 30.5 Å². The second-order valence-electron chi connectivity index (χ2n) is 17.7. The van der Waals surface area contributed by atoms with Crippen LogP contribution < -0.4 is 16.6 Å². The van der Waals surface area contributed by atoms with Crippen LogP contribution >= 0.6 is 11.8 Å². The van der Waals surface area contributed by atoms with E-state index in [1.165, 1.54) is 23.4 Å². The number of rotatable bonds is 16. The lowest BCUT2D eigenvalue weighted by Crippen LogP contribution is -2.48. The number of carbonyl (C=O) groups is 2. The molecule has 1 aliphatic rings. The lowest BCUT2D eigenvalue weighted by molar-refractivity contribution is -0.142. The number of alkyl carbamates (subject to hydrolysis) is 1. The molecule has 2 heterocycles. The molecule has 0 bridgehead atoms. The van der Waals surface area contributed by atoms with Gasteiger partial charge in [-0.15, -0.1) is 0 Å². The third-order valence-electron chi connectivity index (χ3n) is 10.2. The van der Waals surface area contributed by atoms with Crippen LogP contribution in [0.5, 0.6) is 0 Å². The molecule has 2 rings (SSSR count). The fraction of sp³-hybridized carbons (Fsp3) is 0.833. The molecule has 1 saturated heterocycles. The summed E-state index contributed by atoms with van der Waals surface area (Å²) in [6.07, 6.45) is 2.45. The van der Waals surface area contributed by atoms with Crippen LogP contribution in [-0.4, -0.2) is 86.9 Å². The van der Waals surface area contributed by atoms with Crippen LogP contribution in [0.3, 0.4) is 0 Å². The molecule has 0 spiro atoms. The van der Waals surface area contributed by atoms with Gasteiger partial charge in [0.25, 0.3) is 5.56 Å². The molecule has 1 N–H and O–H groups in total. The number of unbranched alkanes of at least 4 members (excludes halogenated alkanes) is 2. The fourth-order valence-electron chi connectivity index (χ4n) is 4.98. The highest BCUT2D eigenvalue weighted by Gasteiger charge is 2.47. The van der Waals surface area contributed by atoms with E-state index in [0.717, 1.165) is 18.6 Å². The third-order valence-corrected chi connectivity index (χ3v) is 20.3. The molecule has 0 saturated carbocycles. The summed E-state index contributed by atoms with van der Waals surface area (Å²) in [6.45, 7) is 29.8. The van der Waals surface area contributed by atoms with Gasteiger partial charge in [-0.1, -0.05) is 48.0 Å². The van der Waals surface area contributed by atoms with Crippen LogP contribution in [0.15, 0.2) is 15.8 Å². The highest BCUT2D eigenvalue weighted by molar-refractivity contribution is 7.99. The molecule has 1 aromatic rings. The Labute approximate surface area is 312 Å². The lowest BCUT2D eigenvalue weighted by atomic mass is 10.2. The maximum absolute atomic E-state index is 13.8. The second kappa shape index (κ2) is 17.9. The molecular formula is C36H67N3O9SSi2. The zero-order valence-corrected chi connectivity index (χ0v) is 36.8. The van der Waals surface area contributed by atoms with E-state index in [2.05, 4.69) is 73.0 Å². The van der Waals surface area contributed by atoms with Gasteiger partial charge in [-0.05, 0) is 82.6 Å². The number of ether oxygens (including phenoxy) is 3. The van der Waals surface area contributed by atoms with Crippen molar-refractivity contribution in [1.29, 1.82) is 0 Å². The van der Waals surface area contributed by atoms with Gasteiger partial charge >= 0.3 is 17.8 Å². The van der Waals surface area contributed by atoms with Gasteiger partial charge in [0.15, 0.2) is 16.6 Å². The van der Waals surface area contributed by atoms with Crippen molar-refractivity contribution < 1.29 is 32.7 Å². The van der Waals surface area contributed by atoms with Crippen LogP contribution in [0.25, 0.3) is 0 Å². The zero-order valence-electron chi connectivity index (χ0n) is 34.0. The molecule has 1 aromatic heterocycles. The minimum absolute atomic E-state index is 0.00485. The van der Waals surface area contributed by atoms with Crippen molar-refractivity contribution in [3.63, 3.8) is 0 Å². The van der Waals surface area contributed by atoms with E-state index in [4.69, 9.17) is 23.1 Å². The van der Waals surface area contributed by atoms with Crippen LogP contribution in [0.4, 0.5) is 4.79 Å². The highest BCUT2D eigenvalue weighted by Crippen LogP contribution is 2.42. The van der Waals surface area contributed by atoms with Gasteiger partial charge < -0.3 is 28.4 Å². The Bertz CT molecular complexity index is 1440. The van der Waals surface area contributed by atoms with Crippen LogP contribution in [0.2, 0.25) is 36.3 Å². The first-order valence-corrected chi connectivity index (χ1v) is 25.1. The molecule has 1 fully saturated rings. The highest BCUT2D eigenvalue weighted by atomic mass is 32.2. The Morgan fingerprint density at radius 1 is 0.980 bits per heavy atom. The molecule has 0 unspecified atom stereocenters. The van der Waals surface area contributed by atoms with Gasteiger partial charge in [-0.25, -0.2) is 14.4 Å². The Kier molecular flexibility index (Phi) is 15.9. The summed E-state index contributed by atoms with van der Waals surface area (Å²) in [5, 5.41) is 2.61. The minimum Gasteiger partial charge on any atom is -0.467 e. The largest absolute Gasteiger partial charge is 0.467 e. The Morgan fingerprint density at radius 3 is 2.14 bits per heavy atom. The molecule has 0 aromatic carbocycles. The average molecular weight is 774 g/mol. The first-order valence-electron chi connectivity index (χ1n) is 18.2. The normalized spacial score (nSPS) is 19.5. The van der Waals surface area contributed by atoms with Gasteiger partial charge in [-0.2, -0.15) is 11.8 Å². The number of amides is 1. The number of hydrogen-bond donors (Lipinski definition) is 1. The third kappa shape index (κ3) is 13.2. The summed E-state index contributed by atoms with van der Waals surface area (Å²) in [5.41, 5.74) is -0.905. The quantitative estimate of drug-likeness (QED) is 0.106. The van der Waals surface area contributed by atoms with Crippen molar-refractivity contribution >= 4 is 40.5 Å². The molecular weight excluding hydrogens is 707 g/mol. The molecule has 51 heavy (non-hydrogen) atoms. The Hall–Kier alpha value is -1.92. The number of thioether (sulfide) groups is 1. The van der Waals surface area contributed by atoms with Gasteiger partial charge in [0.05, 0.1) is 19.8 Å². The number of carbonyl (C=O) groups excluding carboxylic acids is 2. The summed E-state index contributed by atoms with van der Waals surface area (Å²) >= 11 is 1.51. The van der Waals surface area contributed by atoms with E-state index >= 15 is 0 Å². The molecule has 1 aliphatic heterocycles. The molecule has 15 heteroatoms. The first kappa shape index (κ1) is 45.2. The summed E-state index contributed by atoms with van der Waals surface area (Å²) in [7, 11) is -2.97. The van der Waals surface area contributed by atoms with Crippen molar-refractivity contribution in [2.24, 2.45) is 0 Å². The van der Waals surface area contributed by atoms with Gasteiger partial charge in [0.2, 0.25) is 0 Å². The number of esters is 1. The van der Waals surface area contributed by atoms with E-state index in [0.29, 0.717) is 30.8 Å². The van der Waals surface area contributed by atoms with Crippen LogP contribution in [0, 0.1) is 6.92 Å². The molecule has 0 radical (unpaired) electrons. The SMILES string of the molecule is COC(=O)[C@H](CSCCCCCn1c(=O)c(C)cn([C@H]2C[C@H](O[Si](C)(C)C(C)(C)C)[C@@H](CO[Si](C)(C)C(C)(C)C)O2)c1=O)NC(=O)OC(C)(C)C. The predicted molar refractivity (Wildman–Crippen MR) is 210 cm³/mol. The predicted octanol–water partition coefficient (Wildman–Crippen LogP) is 6.99. The van der Waals surface area contributed by atoms with Crippen LogP contribution in [-0.2, 0) is 34.4 Å². The number of aromatic nitrogens is 2. The van der Waals surface area contributed by atoms with Crippen molar-refractivity contribution in [3.05, 3.63) is 32.6 Å². The zero-order chi connectivity index (χ0) is 39.2. The molecule has 12 nitrogen and oxygen atoms in total. The van der Waals surface area contributed by atoms with Gasteiger partial charge in [-0.3, -0.25) is 13.9 Å². The van der Waals surface area contributed by atoms with E-state index in [1.807, 2.05) is 0 Å². The summed E-state index contributed by atoms with van der Waals surface area (Å²) in [6, 6.07) is -0.831. The van der Waals surface area contributed by atoms with E-state index in [1.54, 1.807) is 38.5 Å². The summed E-state index contributed by atoms with van der Waals surface area (Å²) in [5.74, 6) is 0.513. The van der Waals surface area contributed by atoms with Crippen molar-refractivity contribution in [3.8, 4) is 0 Å². The molecule has 0 aliphatic carbocycles. The Morgan fingerprint density at radius 2 is 1.59 bits per heavy atom. The number of methoxy groups -OCH3 is 1. The number of nitrogens with zero attached hydrogens (tertiary/aromatic N) is 2. The standard InChI is InChI=1S/C36H67N3O9SSi2/c1-25-22-39(29-21-27(48-51(14,15)36(8,9)10)28(46-29)23-45-50(12,13)35(5,6)7)33(43)38(30(25)40)19-17-16-18-20-49-24-26(31(41)44-11)37-32(42)47-34(2,3)4/h22,26-29H,16-21,23-24H2,1-15H3,(H,37,42)/t26-,27-,28+,29+/m0/s1. The maximum Gasteiger partial charge on any atom is 0.408 e. The van der Waals surface area contributed by atoms with E-state index < -0.39 is 52.3 Å². The summed E-state index contributed by atoms with van der Waals surface area (Å²) in [4.78, 5) is 51.4. The number of aryl methyl sites for hydroxylation is 1. The monoisotopic (exact) mass is 773 g/mol. The van der Waals surface area contributed by atoms with Gasteiger partial charge in [0.1, 0.15) is 24.0 Å². The van der Waals surface area contributed by atoms with E-state index in [-0.39, 0.29) is 34.4 Å². The molecule has 1 amide bonds.